The van der Waals surface area contributed by atoms with Crippen LogP contribution in [-0.4, -0.2) is 24.9 Å². The molecular weight excluding hydrogens is 240 g/mol. The van der Waals surface area contributed by atoms with E-state index in [1.54, 1.807) is 14.2 Å². The first kappa shape index (κ1) is 15.6. The zero-order valence-electron chi connectivity index (χ0n) is 12.3. The topological polar surface area (TPSA) is 38.7 Å². The van der Waals surface area contributed by atoms with Crippen LogP contribution in [0.25, 0.3) is 0 Å². The van der Waals surface area contributed by atoms with E-state index in [1.807, 2.05) is 38.1 Å². The average molecular weight is 264 g/mol. The van der Waals surface area contributed by atoms with Crippen LogP contribution in [0.4, 0.5) is 0 Å². The Morgan fingerprint density at radius 2 is 2.00 bits per heavy atom. The predicted octanol–water partition coefficient (Wildman–Crippen LogP) is 3.21. The van der Waals surface area contributed by atoms with Crippen molar-refractivity contribution in [3.63, 3.8) is 0 Å². The third kappa shape index (κ3) is 4.28. The first-order chi connectivity index (χ1) is 8.92. The molecule has 106 valence electrons. The molecule has 0 aromatic heterocycles. The normalized spacial score (nSPS) is 12.9. The molecule has 0 heterocycles. The van der Waals surface area contributed by atoms with Gasteiger partial charge in [-0.05, 0) is 56.4 Å². The second-order valence-electron chi connectivity index (χ2n) is 5.26. The van der Waals surface area contributed by atoms with Crippen molar-refractivity contribution in [1.82, 2.24) is 0 Å². The molecule has 1 aromatic carbocycles. The van der Waals surface area contributed by atoms with Crippen molar-refractivity contribution < 1.29 is 14.6 Å². The summed E-state index contributed by atoms with van der Waals surface area (Å²) in [5, 5.41) is 10.2. The number of rotatable bonds is 7. The van der Waals surface area contributed by atoms with Gasteiger partial charge in [0.2, 0.25) is 0 Å². The summed E-state index contributed by atoms with van der Waals surface area (Å²) in [4.78, 5) is 0. The van der Waals surface area contributed by atoms with E-state index < -0.39 is 5.60 Å². The SMILES string of the molecule is C=CCC(Cc1cc(OC)ccc1OC)C(C)(C)O. The molecule has 0 saturated carbocycles. The Kier molecular flexibility index (Phi) is 5.43. The molecule has 1 N–H and O–H groups in total. The monoisotopic (exact) mass is 264 g/mol. The maximum Gasteiger partial charge on any atom is 0.122 e. The van der Waals surface area contributed by atoms with Gasteiger partial charge in [-0.15, -0.1) is 6.58 Å². The largest absolute Gasteiger partial charge is 0.497 e. The highest BCUT2D eigenvalue weighted by atomic mass is 16.5. The number of allylic oxidation sites excluding steroid dienone is 1. The molecule has 0 bridgehead atoms. The van der Waals surface area contributed by atoms with E-state index in [0.717, 1.165) is 29.9 Å². The summed E-state index contributed by atoms with van der Waals surface area (Å²) >= 11 is 0. The lowest BCUT2D eigenvalue weighted by Gasteiger charge is -2.29. The Balaban J connectivity index is 3.03. The summed E-state index contributed by atoms with van der Waals surface area (Å²) < 4.78 is 10.6. The van der Waals surface area contributed by atoms with Crippen LogP contribution in [0, 0.1) is 5.92 Å². The van der Waals surface area contributed by atoms with Crippen LogP contribution in [-0.2, 0) is 6.42 Å². The lowest BCUT2D eigenvalue weighted by molar-refractivity contribution is 0.0180. The number of aliphatic hydroxyl groups is 1. The van der Waals surface area contributed by atoms with E-state index in [-0.39, 0.29) is 5.92 Å². The highest BCUT2D eigenvalue weighted by Crippen LogP contribution is 2.31. The fraction of sp³-hybridized carbons (Fsp3) is 0.500. The van der Waals surface area contributed by atoms with Gasteiger partial charge in [-0.25, -0.2) is 0 Å². The summed E-state index contributed by atoms with van der Waals surface area (Å²) in [6.45, 7) is 7.42. The molecule has 0 aliphatic rings. The van der Waals surface area contributed by atoms with Crippen molar-refractivity contribution >= 4 is 0 Å². The van der Waals surface area contributed by atoms with Gasteiger partial charge in [-0.1, -0.05) is 6.08 Å². The highest BCUT2D eigenvalue weighted by Gasteiger charge is 2.26. The van der Waals surface area contributed by atoms with Gasteiger partial charge in [-0.3, -0.25) is 0 Å². The van der Waals surface area contributed by atoms with Crippen molar-refractivity contribution in [3.8, 4) is 11.5 Å². The van der Waals surface area contributed by atoms with Crippen LogP contribution in [0.1, 0.15) is 25.8 Å². The van der Waals surface area contributed by atoms with Gasteiger partial charge in [0.25, 0.3) is 0 Å². The maximum atomic E-state index is 10.2. The van der Waals surface area contributed by atoms with Crippen LogP contribution < -0.4 is 9.47 Å². The van der Waals surface area contributed by atoms with Crippen molar-refractivity contribution in [3.05, 3.63) is 36.4 Å². The molecule has 0 saturated heterocycles. The minimum atomic E-state index is -0.762. The zero-order valence-corrected chi connectivity index (χ0v) is 12.3. The van der Waals surface area contributed by atoms with Crippen molar-refractivity contribution in [1.29, 1.82) is 0 Å². The third-order valence-corrected chi connectivity index (χ3v) is 3.40. The molecule has 1 rings (SSSR count). The summed E-state index contributed by atoms with van der Waals surface area (Å²) in [5.74, 6) is 1.70. The third-order valence-electron chi connectivity index (χ3n) is 3.40. The quantitative estimate of drug-likeness (QED) is 0.769. The van der Waals surface area contributed by atoms with Crippen LogP contribution in [0.3, 0.4) is 0 Å². The minimum Gasteiger partial charge on any atom is -0.497 e. The number of benzene rings is 1. The van der Waals surface area contributed by atoms with Crippen LogP contribution in [0.15, 0.2) is 30.9 Å². The lowest BCUT2D eigenvalue weighted by Crippen LogP contribution is -2.32. The van der Waals surface area contributed by atoms with Gasteiger partial charge >= 0.3 is 0 Å². The van der Waals surface area contributed by atoms with E-state index in [9.17, 15) is 5.11 Å². The molecule has 0 aliphatic carbocycles. The molecule has 0 amide bonds. The Hall–Kier alpha value is -1.48. The smallest absolute Gasteiger partial charge is 0.122 e. The number of hydrogen-bond donors (Lipinski definition) is 1. The van der Waals surface area contributed by atoms with E-state index in [0.29, 0.717) is 0 Å². The molecule has 3 heteroatoms. The van der Waals surface area contributed by atoms with Crippen LogP contribution >= 0.6 is 0 Å². The first-order valence-corrected chi connectivity index (χ1v) is 6.46. The van der Waals surface area contributed by atoms with E-state index in [2.05, 4.69) is 6.58 Å². The van der Waals surface area contributed by atoms with Gasteiger partial charge < -0.3 is 14.6 Å². The number of methoxy groups -OCH3 is 2. The van der Waals surface area contributed by atoms with E-state index in [1.165, 1.54) is 0 Å². The van der Waals surface area contributed by atoms with Crippen LogP contribution in [0.2, 0.25) is 0 Å². The summed E-state index contributed by atoms with van der Waals surface area (Å²) in [6, 6.07) is 5.72. The fourth-order valence-electron chi connectivity index (χ4n) is 2.13. The summed E-state index contributed by atoms with van der Waals surface area (Å²) in [7, 11) is 3.29. The van der Waals surface area contributed by atoms with Gasteiger partial charge in [0.05, 0.1) is 19.8 Å². The van der Waals surface area contributed by atoms with E-state index in [4.69, 9.17) is 9.47 Å². The molecular formula is C16H24O3. The lowest BCUT2D eigenvalue weighted by atomic mass is 9.83. The molecule has 3 nitrogen and oxygen atoms in total. The molecule has 19 heavy (non-hydrogen) atoms. The Morgan fingerprint density at radius 3 is 2.47 bits per heavy atom. The molecule has 0 aliphatic heterocycles. The molecule has 0 radical (unpaired) electrons. The van der Waals surface area contributed by atoms with Gasteiger partial charge in [0, 0.05) is 0 Å². The fourth-order valence-corrected chi connectivity index (χ4v) is 2.13. The predicted molar refractivity (Wildman–Crippen MR) is 77.9 cm³/mol. The van der Waals surface area contributed by atoms with Crippen molar-refractivity contribution in [2.45, 2.75) is 32.3 Å². The van der Waals surface area contributed by atoms with Gasteiger partial charge in [0.1, 0.15) is 11.5 Å². The number of hydrogen-bond acceptors (Lipinski definition) is 3. The second-order valence-corrected chi connectivity index (χ2v) is 5.26. The molecule has 1 unspecified atom stereocenters. The second kappa shape index (κ2) is 6.62. The minimum absolute atomic E-state index is 0.0889. The summed E-state index contributed by atoms with van der Waals surface area (Å²) in [5.41, 5.74) is 0.276. The Morgan fingerprint density at radius 1 is 1.32 bits per heavy atom. The molecule has 1 atom stereocenters. The highest BCUT2D eigenvalue weighted by molar-refractivity contribution is 5.40. The van der Waals surface area contributed by atoms with Gasteiger partial charge in [0.15, 0.2) is 0 Å². The maximum absolute atomic E-state index is 10.2. The molecule has 1 aromatic rings. The van der Waals surface area contributed by atoms with E-state index >= 15 is 0 Å². The Labute approximate surface area is 115 Å². The van der Waals surface area contributed by atoms with Crippen LogP contribution in [0.5, 0.6) is 11.5 Å². The number of ether oxygens (including phenoxy) is 2. The van der Waals surface area contributed by atoms with Crippen molar-refractivity contribution in [2.24, 2.45) is 5.92 Å². The van der Waals surface area contributed by atoms with Crippen molar-refractivity contribution in [2.75, 3.05) is 14.2 Å². The standard InChI is InChI=1S/C16H24O3/c1-6-7-13(16(2,3)17)10-12-11-14(18-4)8-9-15(12)19-5/h6,8-9,11,13,17H,1,7,10H2,2-5H3. The zero-order chi connectivity index (χ0) is 14.5. The summed E-state index contributed by atoms with van der Waals surface area (Å²) in [6.07, 6.45) is 3.31. The average Bonchev–Trinajstić information content (AvgIpc) is 2.37. The molecule has 0 spiro atoms. The Bertz CT molecular complexity index is 418. The molecule has 0 fully saturated rings. The first-order valence-electron chi connectivity index (χ1n) is 6.46. The van der Waals surface area contributed by atoms with Gasteiger partial charge in [-0.2, -0.15) is 0 Å².